The third kappa shape index (κ3) is 19.4. The highest BCUT2D eigenvalue weighted by atomic mass is 16.5. The normalized spacial score (nSPS) is 12.4. The molecule has 0 spiro atoms. The number of nitrogens with zero attached hydrogens (tertiary/aromatic N) is 2. The predicted octanol–water partition coefficient (Wildman–Crippen LogP) is 6.24. The fourth-order valence-corrected chi connectivity index (χ4v) is 3.95. The Labute approximate surface area is 189 Å². The Kier molecular flexibility index (Phi) is 22.6. The molecular formula is C26H54N2O2. The van der Waals surface area contributed by atoms with Crippen molar-refractivity contribution in [3.05, 3.63) is 12.8 Å². The van der Waals surface area contributed by atoms with E-state index < -0.39 is 0 Å². The van der Waals surface area contributed by atoms with Gasteiger partial charge in [-0.25, -0.2) is 0 Å². The largest absolute Gasteiger partial charge is 0.396 e. The highest BCUT2D eigenvalue weighted by Crippen LogP contribution is 2.19. The van der Waals surface area contributed by atoms with Gasteiger partial charge in [-0.05, 0) is 65.4 Å². The topological polar surface area (TPSA) is 35.9 Å². The standard InChI is InChI=1S/C26H54N2O2/c1-5-7-24-30-25-17-13-9-11-15-20-26(19-14-10-8-12-16-23-29)28(6-2)22-18-21-27(3)4/h6,26,29H,2,5,7-25H2,1,3-4H3. The molecule has 0 aromatic carbocycles. The second kappa shape index (κ2) is 23.1. The SMILES string of the molecule is C=CN(CCCN(C)C)C(CCCCCCCO)CCCCCCCOCCCC. The molecule has 0 amide bonds. The van der Waals surface area contributed by atoms with Crippen molar-refractivity contribution in [3.63, 3.8) is 0 Å². The van der Waals surface area contributed by atoms with Crippen LogP contribution >= 0.6 is 0 Å². The Hall–Kier alpha value is -0.580. The first kappa shape index (κ1) is 29.4. The molecule has 4 heteroatoms. The fourth-order valence-electron chi connectivity index (χ4n) is 3.95. The van der Waals surface area contributed by atoms with Gasteiger partial charge in [0.15, 0.2) is 0 Å². The first-order chi connectivity index (χ1) is 14.7. The number of aliphatic hydroxyl groups excluding tert-OH is 1. The second-order valence-corrected chi connectivity index (χ2v) is 9.03. The van der Waals surface area contributed by atoms with E-state index in [1.165, 1.54) is 83.5 Å². The number of ether oxygens (including phenoxy) is 1. The molecule has 180 valence electrons. The molecule has 1 N–H and O–H groups in total. The first-order valence-electron chi connectivity index (χ1n) is 12.9. The summed E-state index contributed by atoms with van der Waals surface area (Å²) < 4.78 is 5.66. The average Bonchev–Trinajstić information content (AvgIpc) is 2.73. The quantitative estimate of drug-likeness (QED) is 0.185. The summed E-state index contributed by atoms with van der Waals surface area (Å²) >= 11 is 0. The summed E-state index contributed by atoms with van der Waals surface area (Å²) in [4.78, 5) is 4.78. The molecule has 1 unspecified atom stereocenters. The molecule has 4 nitrogen and oxygen atoms in total. The Bertz CT molecular complexity index is 350. The van der Waals surface area contributed by atoms with Gasteiger partial charge in [0, 0.05) is 32.4 Å². The summed E-state index contributed by atoms with van der Waals surface area (Å²) in [5.41, 5.74) is 0. The summed E-state index contributed by atoms with van der Waals surface area (Å²) in [7, 11) is 4.30. The highest BCUT2D eigenvalue weighted by molar-refractivity contribution is 4.80. The zero-order valence-electron chi connectivity index (χ0n) is 20.8. The molecule has 0 aromatic heterocycles. The number of aliphatic hydroxyl groups is 1. The van der Waals surface area contributed by atoms with Crippen LogP contribution in [0.3, 0.4) is 0 Å². The second-order valence-electron chi connectivity index (χ2n) is 9.03. The summed E-state index contributed by atoms with van der Waals surface area (Å²) in [6.45, 7) is 10.8. The smallest absolute Gasteiger partial charge is 0.0466 e. The molecule has 0 aliphatic heterocycles. The van der Waals surface area contributed by atoms with Gasteiger partial charge in [-0.2, -0.15) is 0 Å². The van der Waals surface area contributed by atoms with E-state index in [-0.39, 0.29) is 0 Å². The average molecular weight is 427 g/mol. The minimum Gasteiger partial charge on any atom is -0.396 e. The van der Waals surface area contributed by atoms with Gasteiger partial charge in [0.25, 0.3) is 0 Å². The first-order valence-corrected chi connectivity index (χ1v) is 12.9. The molecule has 0 saturated carbocycles. The van der Waals surface area contributed by atoms with Crippen LogP contribution in [-0.2, 0) is 4.74 Å². The van der Waals surface area contributed by atoms with Crippen LogP contribution in [0, 0.1) is 0 Å². The van der Waals surface area contributed by atoms with Crippen LogP contribution in [0.25, 0.3) is 0 Å². The molecule has 0 saturated heterocycles. The van der Waals surface area contributed by atoms with Crippen LogP contribution < -0.4 is 0 Å². The predicted molar refractivity (Wildman–Crippen MR) is 132 cm³/mol. The fraction of sp³-hybridized carbons (Fsp3) is 0.923. The van der Waals surface area contributed by atoms with Gasteiger partial charge in [0.05, 0.1) is 0 Å². The maximum atomic E-state index is 8.93. The Morgan fingerprint density at radius 2 is 1.33 bits per heavy atom. The van der Waals surface area contributed by atoms with Crippen molar-refractivity contribution in [1.29, 1.82) is 0 Å². The van der Waals surface area contributed by atoms with Crippen molar-refractivity contribution in [2.75, 3.05) is 47.0 Å². The van der Waals surface area contributed by atoms with Gasteiger partial charge in [-0.15, -0.1) is 0 Å². The third-order valence-electron chi connectivity index (χ3n) is 5.89. The van der Waals surface area contributed by atoms with Crippen molar-refractivity contribution in [2.45, 2.75) is 109 Å². The maximum absolute atomic E-state index is 8.93. The lowest BCUT2D eigenvalue weighted by atomic mass is 9.99. The van der Waals surface area contributed by atoms with Gasteiger partial charge in [0.1, 0.15) is 0 Å². The molecule has 0 radical (unpaired) electrons. The summed E-state index contributed by atoms with van der Waals surface area (Å²) in [5, 5.41) is 8.93. The van der Waals surface area contributed by atoms with E-state index in [0.717, 1.165) is 39.1 Å². The molecule has 0 heterocycles. The zero-order valence-corrected chi connectivity index (χ0v) is 20.8. The van der Waals surface area contributed by atoms with Crippen LogP contribution in [0.5, 0.6) is 0 Å². The van der Waals surface area contributed by atoms with Crippen LogP contribution in [0.1, 0.15) is 103 Å². The highest BCUT2D eigenvalue weighted by Gasteiger charge is 2.14. The Morgan fingerprint density at radius 3 is 1.90 bits per heavy atom. The lowest BCUT2D eigenvalue weighted by Gasteiger charge is -2.31. The monoisotopic (exact) mass is 426 g/mol. The van der Waals surface area contributed by atoms with Crippen LogP contribution in [0.4, 0.5) is 0 Å². The zero-order chi connectivity index (χ0) is 22.3. The summed E-state index contributed by atoms with van der Waals surface area (Å²) in [6.07, 6.45) is 20.7. The van der Waals surface area contributed by atoms with Gasteiger partial charge in [0.2, 0.25) is 0 Å². The molecule has 1 atom stereocenters. The Balaban J connectivity index is 4.12. The number of rotatable bonds is 24. The van der Waals surface area contributed by atoms with E-state index in [0.29, 0.717) is 12.6 Å². The van der Waals surface area contributed by atoms with Crippen LogP contribution in [-0.4, -0.2) is 68.0 Å². The number of unbranched alkanes of at least 4 members (excludes halogenated alkanes) is 9. The van der Waals surface area contributed by atoms with Crippen molar-refractivity contribution < 1.29 is 9.84 Å². The summed E-state index contributed by atoms with van der Waals surface area (Å²) in [6, 6.07) is 0.639. The molecule has 0 aliphatic carbocycles. The molecular weight excluding hydrogens is 372 g/mol. The van der Waals surface area contributed by atoms with Crippen LogP contribution in [0.15, 0.2) is 12.8 Å². The minimum atomic E-state index is 0.337. The maximum Gasteiger partial charge on any atom is 0.0466 e. The molecule has 0 fully saturated rings. The van der Waals surface area contributed by atoms with Crippen molar-refractivity contribution in [1.82, 2.24) is 9.80 Å². The van der Waals surface area contributed by atoms with E-state index in [4.69, 9.17) is 9.84 Å². The lowest BCUT2D eigenvalue weighted by Crippen LogP contribution is -2.33. The van der Waals surface area contributed by atoms with Gasteiger partial charge in [-0.1, -0.05) is 71.3 Å². The van der Waals surface area contributed by atoms with Crippen molar-refractivity contribution in [3.8, 4) is 0 Å². The van der Waals surface area contributed by atoms with Gasteiger partial charge in [-0.3, -0.25) is 0 Å². The van der Waals surface area contributed by atoms with Crippen molar-refractivity contribution >= 4 is 0 Å². The Morgan fingerprint density at radius 1 is 0.767 bits per heavy atom. The van der Waals surface area contributed by atoms with Crippen molar-refractivity contribution in [2.24, 2.45) is 0 Å². The summed E-state index contributed by atoms with van der Waals surface area (Å²) in [5.74, 6) is 0. The number of hydrogen-bond acceptors (Lipinski definition) is 4. The van der Waals surface area contributed by atoms with E-state index in [1.54, 1.807) is 0 Å². The van der Waals surface area contributed by atoms with E-state index >= 15 is 0 Å². The van der Waals surface area contributed by atoms with Crippen LogP contribution in [0.2, 0.25) is 0 Å². The molecule has 0 aliphatic rings. The third-order valence-corrected chi connectivity index (χ3v) is 5.89. The van der Waals surface area contributed by atoms with Gasteiger partial charge >= 0.3 is 0 Å². The van der Waals surface area contributed by atoms with Gasteiger partial charge < -0.3 is 19.6 Å². The molecule has 0 rings (SSSR count). The van der Waals surface area contributed by atoms with E-state index in [9.17, 15) is 0 Å². The van der Waals surface area contributed by atoms with E-state index in [1.807, 2.05) is 0 Å². The minimum absolute atomic E-state index is 0.337. The molecule has 0 aromatic rings. The molecule has 30 heavy (non-hydrogen) atoms. The lowest BCUT2D eigenvalue weighted by molar-refractivity contribution is 0.127. The van der Waals surface area contributed by atoms with E-state index in [2.05, 4.69) is 43.6 Å². The molecule has 0 bridgehead atoms. The number of hydrogen-bond donors (Lipinski definition) is 1.